The van der Waals surface area contributed by atoms with Crippen LogP contribution in [0.4, 0.5) is 0 Å². The topological polar surface area (TPSA) is 54.3 Å². The van der Waals surface area contributed by atoms with Gasteiger partial charge in [0.25, 0.3) is 0 Å². The second-order valence-electron chi connectivity index (χ2n) is 7.84. The quantitative estimate of drug-likeness (QED) is 0.565. The Morgan fingerprint density at radius 3 is 2.63 bits per heavy atom. The molecule has 0 aliphatic carbocycles. The van der Waals surface area contributed by atoms with Gasteiger partial charge in [0.2, 0.25) is 0 Å². The molecule has 3 rings (SSSR count). The van der Waals surface area contributed by atoms with Gasteiger partial charge in [-0.15, -0.1) is 0 Å². The fraction of sp³-hybridized carbons (Fsp3) is 0.435. The third-order valence-electron chi connectivity index (χ3n) is 4.76. The summed E-state index contributed by atoms with van der Waals surface area (Å²) in [7, 11) is 0. The van der Waals surface area contributed by atoms with Gasteiger partial charge in [-0.1, -0.05) is 52.6 Å². The molecule has 30 heavy (non-hydrogen) atoms. The van der Waals surface area contributed by atoms with Crippen LogP contribution >= 0.6 is 23.2 Å². The largest absolute Gasteiger partial charge is 0.390 e. The number of rotatable bonds is 10. The lowest BCUT2D eigenvalue weighted by atomic mass is 10.0. The van der Waals surface area contributed by atoms with Crippen molar-refractivity contribution in [2.24, 2.45) is 5.16 Å². The number of hydrogen-bond acceptors (Lipinski definition) is 5. The molecule has 0 saturated carbocycles. The van der Waals surface area contributed by atoms with Crippen molar-refractivity contribution in [3.05, 3.63) is 69.7 Å². The zero-order chi connectivity index (χ0) is 21.5. The molecule has 5 nitrogen and oxygen atoms in total. The van der Waals surface area contributed by atoms with Gasteiger partial charge in [0.05, 0.1) is 24.5 Å². The van der Waals surface area contributed by atoms with Crippen LogP contribution in [0.25, 0.3) is 0 Å². The van der Waals surface area contributed by atoms with E-state index in [0.29, 0.717) is 42.7 Å². The molecule has 0 radical (unpaired) electrons. The van der Waals surface area contributed by atoms with Crippen molar-refractivity contribution in [3.63, 3.8) is 0 Å². The molecule has 2 atom stereocenters. The van der Waals surface area contributed by atoms with Crippen LogP contribution in [-0.2, 0) is 16.1 Å². The molecule has 1 N–H and O–H groups in total. The average molecular weight is 451 g/mol. The van der Waals surface area contributed by atoms with Gasteiger partial charge in [-0.3, -0.25) is 4.90 Å². The first kappa shape index (κ1) is 23.0. The number of aliphatic hydroxyl groups excluding tert-OH is 1. The van der Waals surface area contributed by atoms with Crippen LogP contribution in [-0.4, -0.2) is 53.7 Å². The van der Waals surface area contributed by atoms with Crippen LogP contribution in [0, 0.1) is 0 Å². The smallest absolute Gasteiger partial charge is 0.145 e. The summed E-state index contributed by atoms with van der Waals surface area (Å²) in [6.07, 6.45) is 0.0963. The summed E-state index contributed by atoms with van der Waals surface area (Å²) in [6, 6.07) is 15.4. The molecular formula is C23H28Cl2N2O3. The third kappa shape index (κ3) is 7.25. The number of ether oxygens (including phenoxy) is 1. The lowest BCUT2D eigenvalue weighted by molar-refractivity contribution is -0.0194. The summed E-state index contributed by atoms with van der Waals surface area (Å²) in [5.41, 5.74) is 2.99. The van der Waals surface area contributed by atoms with Gasteiger partial charge in [0.15, 0.2) is 0 Å². The monoisotopic (exact) mass is 450 g/mol. The minimum absolute atomic E-state index is 0.0783. The SMILES string of the molecule is CC(C)OC[C@@H](O)CN(Cc1cccc(Cl)c1)C[C@H]1CC(c2ccc(Cl)cc2)=NO1. The number of aliphatic hydroxyl groups is 1. The lowest BCUT2D eigenvalue weighted by Gasteiger charge is -2.27. The van der Waals surface area contributed by atoms with Crippen molar-refractivity contribution in [2.45, 2.75) is 45.1 Å². The summed E-state index contributed by atoms with van der Waals surface area (Å²) < 4.78 is 5.57. The number of halogens is 2. The molecule has 1 heterocycles. The van der Waals surface area contributed by atoms with Crippen molar-refractivity contribution < 1.29 is 14.7 Å². The Kier molecular flexibility index (Phi) is 8.54. The van der Waals surface area contributed by atoms with E-state index in [0.717, 1.165) is 16.8 Å². The molecule has 0 aromatic heterocycles. The maximum atomic E-state index is 10.5. The molecule has 0 unspecified atom stereocenters. The van der Waals surface area contributed by atoms with Gasteiger partial charge in [-0.25, -0.2) is 0 Å². The van der Waals surface area contributed by atoms with Crippen molar-refractivity contribution >= 4 is 28.9 Å². The van der Waals surface area contributed by atoms with E-state index in [1.165, 1.54) is 0 Å². The van der Waals surface area contributed by atoms with E-state index in [4.69, 9.17) is 32.8 Å². The molecule has 0 bridgehead atoms. The predicted octanol–water partition coefficient (Wildman–Crippen LogP) is 4.77. The van der Waals surface area contributed by atoms with Crippen LogP contribution in [0.5, 0.6) is 0 Å². The Morgan fingerprint density at radius 2 is 1.93 bits per heavy atom. The number of hydrogen-bond donors (Lipinski definition) is 1. The molecule has 2 aromatic rings. The van der Waals surface area contributed by atoms with E-state index in [2.05, 4.69) is 10.1 Å². The van der Waals surface area contributed by atoms with E-state index in [-0.39, 0.29) is 12.2 Å². The fourth-order valence-corrected chi connectivity index (χ4v) is 3.72. The Bertz CT molecular complexity index is 843. The van der Waals surface area contributed by atoms with Crippen LogP contribution in [0.1, 0.15) is 31.4 Å². The van der Waals surface area contributed by atoms with Gasteiger partial charge >= 0.3 is 0 Å². The third-order valence-corrected chi connectivity index (χ3v) is 5.25. The van der Waals surface area contributed by atoms with Gasteiger partial charge < -0.3 is 14.7 Å². The molecular weight excluding hydrogens is 423 g/mol. The number of nitrogens with zero attached hydrogens (tertiary/aromatic N) is 2. The second kappa shape index (κ2) is 11.1. The predicted molar refractivity (Wildman–Crippen MR) is 121 cm³/mol. The molecule has 0 amide bonds. The zero-order valence-corrected chi connectivity index (χ0v) is 18.8. The van der Waals surface area contributed by atoms with Crippen LogP contribution in [0.2, 0.25) is 10.0 Å². The first-order valence-electron chi connectivity index (χ1n) is 10.1. The highest BCUT2D eigenvalue weighted by Crippen LogP contribution is 2.21. The Hall–Kier alpha value is -1.63. The van der Waals surface area contributed by atoms with Gasteiger partial charge in [0, 0.05) is 36.1 Å². The van der Waals surface area contributed by atoms with Gasteiger partial charge in [0.1, 0.15) is 6.10 Å². The summed E-state index contributed by atoms with van der Waals surface area (Å²) in [5.74, 6) is 0. The molecule has 0 saturated heterocycles. The molecule has 1 aliphatic heterocycles. The Morgan fingerprint density at radius 1 is 1.17 bits per heavy atom. The maximum Gasteiger partial charge on any atom is 0.145 e. The van der Waals surface area contributed by atoms with Crippen LogP contribution < -0.4 is 0 Å². The molecule has 7 heteroatoms. The summed E-state index contributed by atoms with van der Waals surface area (Å²) in [5, 5.41) is 16.1. The van der Waals surface area contributed by atoms with E-state index in [1.807, 2.05) is 62.4 Å². The lowest BCUT2D eigenvalue weighted by Crippen LogP contribution is -2.39. The summed E-state index contributed by atoms with van der Waals surface area (Å²) in [4.78, 5) is 7.85. The minimum Gasteiger partial charge on any atom is -0.390 e. The number of benzene rings is 2. The standard InChI is InChI=1S/C23H28Cl2N2O3/c1-16(2)29-15-21(28)13-27(12-17-4-3-5-20(25)10-17)14-22-11-23(26-30-22)18-6-8-19(24)9-7-18/h3-10,16,21-22,28H,11-15H2,1-2H3/t21-,22+/m0/s1. The van der Waals surface area contributed by atoms with E-state index < -0.39 is 6.10 Å². The molecule has 2 aromatic carbocycles. The fourth-order valence-electron chi connectivity index (χ4n) is 3.38. The molecule has 162 valence electrons. The van der Waals surface area contributed by atoms with Crippen molar-refractivity contribution in [3.8, 4) is 0 Å². The Balaban J connectivity index is 1.62. The molecule has 0 spiro atoms. The highest BCUT2D eigenvalue weighted by molar-refractivity contribution is 6.31. The van der Waals surface area contributed by atoms with Crippen molar-refractivity contribution in [1.82, 2.24) is 4.90 Å². The first-order chi connectivity index (χ1) is 14.4. The minimum atomic E-state index is -0.593. The highest BCUT2D eigenvalue weighted by Gasteiger charge is 2.26. The maximum absolute atomic E-state index is 10.5. The molecule has 1 aliphatic rings. The second-order valence-corrected chi connectivity index (χ2v) is 8.71. The van der Waals surface area contributed by atoms with E-state index >= 15 is 0 Å². The van der Waals surface area contributed by atoms with E-state index in [9.17, 15) is 5.11 Å². The Labute approximate surface area is 188 Å². The van der Waals surface area contributed by atoms with E-state index in [1.54, 1.807) is 0 Å². The normalized spacial score (nSPS) is 17.3. The van der Waals surface area contributed by atoms with Crippen LogP contribution in [0.15, 0.2) is 53.7 Å². The van der Waals surface area contributed by atoms with Gasteiger partial charge in [-0.2, -0.15) is 0 Å². The average Bonchev–Trinajstić information content (AvgIpc) is 3.15. The summed E-state index contributed by atoms with van der Waals surface area (Å²) >= 11 is 12.1. The van der Waals surface area contributed by atoms with Crippen molar-refractivity contribution in [2.75, 3.05) is 19.7 Å². The number of oxime groups is 1. The first-order valence-corrected chi connectivity index (χ1v) is 10.9. The van der Waals surface area contributed by atoms with Crippen LogP contribution in [0.3, 0.4) is 0 Å². The van der Waals surface area contributed by atoms with Gasteiger partial charge in [-0.05, 0) is 49.2 Å². The van der Waals surface area contributed by atoms with Crippen molar-refractivity contribution in [1.29, 1.82) is 0 Å². The summed E-state index contributed by atoms with van der Waals surface area (Å²) in [6.45, 7) is 5.95. The highest BCUT2D eigenvalue weighted by atomic mass is 35.5. The molecule has 0 fully saturated rings. The zero-order valence-electron chi connectivity index (χ0n) is 17.3.